The van der Waals surface area contributed by atoms with Crippen LogP contribution in [-0.2, 0) is 4.79 Å². The number of hydrogen-bond donors (Lipinski definition) is 2. The normalized spacial score (nSPS) is 11.5. The van der Waals surface area contributed by atoms with Crippen LogP contribution in [0, 0.1) is 11.6 Å². The van der Waals surface area contributed by atoms with Gasteiger partial charge in [-0.2, -0.15) is 0 Å². The largest absolute Gasteiger partial charge is 0.493 e. The predicted molar refractivity (Wildman–Crippen MR) is 94.2 cm³/mol. The van der Waals surface area contributed by atoms with Gasteiger partial charge in [0.2, 0.25) is 11.7 Å². The number of hydrogen-bond acceptors (Lipinski definition) is 5. The molecule has 0 aliphatic carbocycles. The van der Waals surface area contributed by atoms with Crippen LogP contribution >= 0.6 is 0 Å². The van der Waals surface area contributed by atoms with Gasteiger partial charge in [0.05, 0.1) is 21.3 Å². The molecular formula is C18H20F2N2O4. The van der Waals surface area contributed by atoms with E-state index in [-0.39, 0.29) is 5.69 Å². The zero-order chi connectivity index (χ0) is 19.3. The maximum atomic E-state index is 13.2. The van der Waals surface area contributed by atoms with Gasteiger partial charge < -0.3 is 24.8 Å². The minimum absolute atomic E-state index is 0.160. The third-order valence-electron chi connectivity index (χ3n) is 3.63. The molecule has 0 bridgehead atoms. The predicted octanol–water partition coefficient (Wildman–Crippen LogP) is 3.43. The number of anilines is 2. The van der Waals surface area contributed by atoms with Crippen LogP contribution in [-0.4, -0.2) is 33.3 Å². The van der Waals surface area contributed by atoms with E-state index in [1.54, 1.807) is 19.1 Å². The van der Waals surface area contributed by atoms with Gasteiger partial charge in [-0.25, -0.2) is 8.78 Å². The molecule has 1 amide bonds. The van der Waals surface area contributed by atoms with Crippen molar-refractivity contribution in [2.75, 3.05) is 32.0 Å². The molecule has 2 aromatic rings. The first-order chi connectivity index (χ1) is 12.4. The molecule has 0 spiro atoms. The van der Waals surface area contributed by atoms with E-state index < -0.39 is 23.6 Å². The molecule has 2 rings (SSSR count). The van der Waals surface area contributed by atoms with Crippen LogP contribution in [0.3, 0.4) is 0 Å². The van der Waals surface area contributed by atoms with Crippen LogP contribution in [0.15, 0.2) is 30.3 Å². The zero-order valence-electron chi connectivity index (χ0n) is 14.9. The van der Waals surface area contributed by atoms with Gasteiger partial charge in [-0.3, -0.25) is 4.79 Å². The quantitative estimate of drug-likeness (QED) is 0.786. The molecule has 0 fully saturated rings. The van der Waals surface area contributed by atoms with E-state index in [4.69, 9.17) is 14.2 Å². The number of rotatable bonds is 7. The number of benzene rings is 2. The van der Waals surface area contributed by atoms with Crippen molar-refractivity contribution in [1.29, 1.82) is 0 Å². The van der Waals surface area contributed by atoms with Crippen molar-refractivity contribution in [3.05, 3.63) is 42.0 Å². The molecule has 6 nitrogen and oxygen atoms in total. The highest BCUT2D eigenvalue weighted by molar-refractivity contribution is 5.96. The lowest BCUT2D eigenvalue weighted by atomic mass is 10.2. The molecule has 0 aliphatic rings. The van der Waals surface area contributed by atoms with Gasteiger partial charge in [0.25, 0.3) is 0 Å². The topological polar surface area (TPSA) is 68.8 Å². The summed E-state index contributed by atoms with van der Waals surface area (Å²) in [5.41, 5.74) is 0.722. The van der Waals surface area contributed by atoms with Crippen molar-refractivity contribution in [3.8, 4) is 17.2 Å². The van der Waals surface area contributed by atoms with Crippen LogP contribution in [0.25, 0.3) is 0 Å². The second-order valence-corrected chi connectivity index (χ2v) is 5.40. The smallest absolute Gasteiger partial charge is 0.246 e. The summed E-state index contributed by atoms with van der Waals surface area (Å²) in [5, 5.41) is 5.51. The number of amides is 1. The minimum atomic E-state index is -1.03. The summed E-state index contributed by atoms with van der Waals surface area (Å²) in [4.78, 5) is 12.3. The molecule has 2 N–H and O–H groups in total. The number of halogens is 2. The Morgan fingerprint density at radius 2 is 1.54 bits per heavy atom. The molecule has 2 aromatic carbocycles. The number of methoxy groups -OCH3 is 3. The second kappa shape index (κ2) is 8.37. The Morgan fingerprint density at radius 1 is 0.923 bits per heavy atom. The molecule has 140 valence electrons. The van der Waals surface area contributed by atoms with Gasteiger partial charge in [-0.1, -0.05) is 0 Å². The number of ether oxygens (including phenoxy) is 3. The van der Waals surface area contributed by atoms with Crippen LogP contribution in [0.4, 0.5) is 20.2 Å². The van der Waals surface area contributed by atoms with E-state index in [1.165, 1.54) is 27.4 Å². The van der Waals surface area contributed by atoms with E-state index in [2.05, 4.69) is 10.6 Å². The van der Waals surface area contributed by atoms with E-state index in [9.17, 15) is 13.6 Å². The van der Waals surface area contributed by atoms with E-state index in [0.29, 0.717) is 22.9 Å². The maximum absolute atomic E-state index is 13.2. The Balaban J connectivity index is 2.14. The lowest BCUT2D eigenvalue weighted by Crippen LogP contribution is -2.31. The molecule has 26 heavy (non-hydrogen) atoms. The third kappa shape index (κ3) is 4.33. The Labute approximate surface area is 150 Å². The fourth-order valence-electron chi connectivity index (χ4n) is 2.30. The molecular weight excluding hydrogens is 346 g/mol. The summed E-state index contributed by atoms with van der Waals surface area (Å²) in [7, 11) is 4.46. The molecule has 0 radical (unpaired) electrons. The molecule has 1 unspecified atom stereocenters. The first kappa shape index (κ1) is 19.3. The molecule has 0 heterocycles. The van der Waals surface area contributed by atoms with Crippen LogP contribution < -0.4 is 24.8 Å². The lowest BCUT2D eigenvalue weighted by molar-refractivity contribution is -0.116. The van der Waals surface area contributed by atoms with Crippen molar-refractivity contribution in [3.63, 3.8) is 0 Å². The molecule has 0 saturated carbocycles. The maximum Gasteiger partial charge on any atom is 0.246 e. The molecule has 0 saturated heterocycles. The summed E-state index contributed by atoms with van der Waals surface area (Å²) in [6.45, 7) is 1.62. The first-order valence-corrected chi connectivity index (χ1v) is 7.72. The standard InChI is InChI=1S/C18H20F2N2O4/c1-10(18(23)22-11-5-6-13(19)14(20)7-11)21-12-8-15(24-2)17(26-4)16(9-12)25-3/h5-10,21H,1-4H3,(H,22,23). The zero-order valence-corrected chi connectivity index (χ0v) is 14.9. The summed E-state index contributed by atoms with van der Waals surface area (Å²) >= 11 is 0. The Kier molecular flexibility index (Phi) is 6.21. The fraction of sp³-hybridized carbons (Fsp3) is 0.278. The number of carbonyl (C=O) groups excluding carboxylic acids is 1. The van der Waals surface area contributed by atoms with E-state index in [1.807, 2.05) is 0 Å². The first-order valence-electron chi connectivity index (χ1n) is 7.72. The monoisotopic (exact) mass is 366 g/mol. The third-order valence-corrected chi connectivity index (χ3v) is 3.63. The average Bonchev–Trinajstić information content (AvgIpc) is 2.63. The fourth-order valence-corrected chi connectivity index (χ4v) is 2.30. The number of carbonyl (C=O) groups is 1. The van der Waals surface area contributed by atoms with Gasteiger partial charge in [0.1, 0.15) is 6.04 Å². The summed E-state index contributed by atoms with van der Waals surface area (Å²) in [5.74, 6) is -1.14. The second-order valence-electron chi connectivity index (χ2n) is 5.40. The highest BCUT2D eigenvalue weighted by atomic mass is 19.2. The van der Waals surface area contributed by atoms with Crippen molar-refractivity contribution >= 4 is 17.3 Å². The Hall–Kier alpha value is -3.03. The highest BCUT2D eigenvalue weighted by Gasteiger charge is 2.17. The average molecular weight is 366 g/mol. The van der Waals surface area contributed by atoms with Gasteiger partial charge in [0.15, 0.2) is 23.1 Å². The van der Waals surface area contributed by atoms with Crippen LogP contribution in [0.2, 0.25) is 0 Å². The van der Waals surface area contributed by atoms with Gasteiger partial charge >= 0.3 is 0 Å². The number of nitrogens with one attached hydrogen (secondary N) is 2. The van der Waals surface area contributed by atoms with Crippen molar-refractivity contribution in [2.45, 2.75) is 13.0 Å². The minimum Gasteiger partial charge on any atom is -0.493 e. The van der Waals surface area contributed by atoms with Crippen LogP contribution in [0.5, 0.6) is 17.2 Å². The lowest BCUT2D eigenvalue weighted by Gasteiger charge is -2.18. The highest BCUT2D eigenvalue weighted by Crippen LogP contribution is 2.40. The molecule has 8 heteroatoms. The summed E-state index contributed by atoms with van der Waals surface area (Å²) in [6.07, 6.45) is 0. The Bertz CT molecular complexity index is 774. The van der Waals surface area contributed by atoms with Crippen molar-refractivity contribution < 1.29 is 27.8 Å². The summed E-state index contributed by atoms with van der Waals surface area (Å²) in [6, 6.07) is 5.78. The van der Waals surface area contributed by atoms with E-state index in [0.717, 1.165) is 12.1 Å². The van der Waals surface area contributed by atoms with Crippen molar-refractivity contribution in [2.24, 2.45) is 0 Å². The van der Waals surface area contributed by atoms with Gasteiger partial charge in [-0.15, -0.1) is 0 Å². The van der Waals surface area contributed by atoms with Crippen molar-refractivity contribution in [1.82, 2.24) is 0 Å². The Morgan fingerprint density at radius 3 is 2.04 bits per heavy atom. The van der Waals surface area contributed by atoms with E-state index >= 15 is 0 Å². The van der Waals surface area contributed by atoms with Gasteiger partial charge in [-0.05, 0) is 19.1 Å². The summed E-state index contributed by atoms with van der Waals surface area (Å²) < 4.78 is 41.9. The van der Waals surface area contributed by atoms with Crippen LogP contribution in [0.1, 0.15) is 6.92 Å². The molecule has 1 atom stereocenters. The molecule has 0 aliphatic heterocycles. The van der Waals surface area contributed by atoms with Gasteiger partial charge in [0, 0.05) is 29.6 Å². The molecule has 0 aromatic heterocycles. The SMILES string of the molecule is COc1cc(NC(C)C(=O)Nc2ccc(F)c(F)c2)cc(OC)c1OC.